The summed E-state index contributed by atoms with van der Waals surface area (Å²) in [5.41, 5.74) is 1.60. The van der Waals surface area contributed by atoms with Crippen molar-refractivity contribution in [1.29, 1.82) is 0 Å². The zero-order chi connectivity index (χ0) is 21.7. The maximum Gasteiger partial charge on any atom is 0.249 e. The smallest absolute Gasteiger partial charge is 0.249 e. The number of aromatic amines is 1. The van der Waals surface area contributed by atoms with Crippen molar-refractivity contribution in [2.45, 2.75) is 18.7 Å². The van der Waals surface area contributed by atoms with Gasteiger partial charge in [-0.15, -0.1) is 16.9 Å². The van der Waals surface area contributed by atoms with E-state index in [0.29, 0.717) is 33.6 Å². The lowest BCUT2D eigenvalue weighted by molar-refractivity contribution is -0.115. The van der Waals surface area contributed by atoms with Crippen LogP contribution < -0.4 is 10.2 Å². The van der Waals surface area contributed by atoms with Gasteiger partial charge < -0.3 is 4.90 Å². The number of pyridine rings is 1. The molecular weight excluding hydrogens is 410 g/mol. The minimum Gasteiger partial charge on any atom is -0.334 e. The molecule has 30 heavy (non-hydrogen) atoms. The Hall–Kier alpha value is -3.27. The monoisotopic (exact) mass is 432 g/mol. The van der Waals surface area contributed by atoms with Crippen LogP contribution >= 0.6 is 11.8 Å². The van der Waals surface area contributed by atoms with Gasteiger partial charge in [-0.3, -0.25) is 20.2 Å². The summed E-state index contributed by atoms with van der Waals surface area (Å²) in [7, 11) is 0. The molecule has 1 amide bonds. The van der Waals surface area contributed by atoms with E-state index in [4.69, 9.17) is 0 Å². The van der Waals surface area contributed by atoms with Gasteiger partial charge >= 0.3 is 0 Å². The zero-order valence-electron chi connectivity index (χ0n) is 16.4. The minimum atomic E-state index is -0.978. The number of carbonyl (C=O) groups excluding carboxylic acids is 1. The van der Waals surface area contributed by atoms with Gasteiger partial charge in [0.2, 0.25) is 11.9 Å². The largest absolute Gasteiger partial charge is 0.334 e. The second-order valence-corrected chi connectivity index (χ2v) is 6.96. The number of nitrogens with one attached hydrogen (secondary N) is 2. The average molecular weight is 433 g/mol. The summed E-state index contributed by atoms with van der Waals surface area (Å²) in [4.78, 5) is 22.9. The first-order chi connectivity index (χ1) is 14.5. The molecule has 0 fully saturated rings. The normalized spacial score (nSPS) is 12.7. The Kier molecular flexibility index (Phi) is 6.78. The number of H-pyrrole nitrogens is 1. The fourth-order valence-corrected chi connectivity index (χ4v) is 3.68. The molecule has 4 rings (SSSR count). The number of fused-ring (bicyclic) bond motifs is 1. The summed E-state index contributed by atoms with van der Waals surface area (Å²) < 4.78 is 27.2. The lowest BCUT2D eigenvalue weighted by Crippen LogP contribution is -2.35. The van der Waals surface area contributed by atoms with Crippen LogP contribution in [0.4, 0.5) is 20.4 Å². The Labute approximate surface area is 178 Å². The number of carbonyl (C=O) groups is 1. The molecule has 10 heteroatoms. The molecular formula is C20H22F2N6OS. The molecule has 1 aliphatic rings. The van der Waals surface area contributed by atoms with E-state index in [1.54, 1.807) is 23.2 Å². The molecule has 1 aliphatic heterocycles. The fraction of sp³-hybridized carbons (Fsp3) is 0.200. The molecule has 0 radical (unpaired) electrons. The number of aromatic nitrogens is 4. The number of thioether (sulfide) groups is 1. The summed E-state index contributed by atoms with van der Waals surface area (Å²) in [5, 5.41) is 9.24. The highest BCUT2D eigenvalue weighted by Crippen LogP contribution is 2.39. The molecule has 1 aromatic carbocycles. The molecule has 0 spiro atoms. The van der Waals surface area contributed by atoms with Crippen molar-refractivity contribution in [2.24, 2.45) is 0 Å². The van der Waals surface area contributed by atoms with Crippen LogP contribution in [0.1, 0.15) is 15.3 Å². The first-order valence-electron chi connectivity index (χ1n) is 9.22. The Morgan fingerprint density at radius 2 is 2.10 bits per heavy atom. The first-order valence-corrected chi connectivity index (χ1v) is 10.2. The standard InChI is InChI=1S/C18H14F2N6OS.C2H6.H2/c1-10-9-28-15-7-12(20)11(19)6-14(15)26(10)8-16(27)22-18-23-17(24-25-18)13-4-2-3-5-21-13;1-2;/h2-7H,1,8-9H2,(H2,22,23,24,25,27);1-2H3;1H. The van der Waals surface area contributed by atoms with E-state index in [9.17, 15) is 13.6 Å². The van der Waals surface area contributed by atoms with Crippen LogP contribution in [0.3, 0.4) is 0 Å². The predicted octanol–water partition coefficient (Wildman–Crippen LogP) is 4.48. The van der Waals surface area contributed by atoms with E-state index < -0.39 is 17.5 Å². The average Bonchev–Trinajstić information content (AvgIpc) is 3.22. The summed E-state index contributed by atoms with van der Waals surface area (Å²) >= 11 is 1.34. The Morgan fingerprint density at radius 1 is 1.33 bits per heavy atom. The number of amides is 1. The third-order valence-electron chi connectivity index (χ3n) is 4.01. The number of rotatable bonds is 4. The summed E-state index contributed by atoms with van der Waals surface area (Å²) in [5.74, 6) is -1.35. The maximum atomic E-state index is 13.7. The lowest BCUT2D eigenvalue weighted by Gasteiger charge is -2.32. The van der Waals surface area contributed by atoms with Crippen LogP contribution in [-0.2, 0) is 4.79 Å². The van der Waals surface area contributed by atoms with E-state index in [1.165, 1.54) is 11.8 Å². The van der Waals surface area contributed by atoms with Gasteiger partial charge in [-0.2, -0.15) is 4.98 Å². The van der Waals surface area contributed by atoms with Gasteiger partial charge in [-0.1, -0.05) is 26.5 Å². The SMILES string of the molecule is C=C1CSc2cc(F)c(F)cc2N1CC(=O)Nc1n[nH]c(-c2ccccn2)n1.CC.[HH]. The minimum absolute atomic E-state index is 0. The molecule has 0 saturated carbocycles. The van der Waals surface area contributed by atoms with E-state index >= 15 is 0 Å². The molecule has 3 aromatic rings. The molecule has 7 nitrogen and oxygen atoms in total. The maximum absolute atomic E-state index is 13.7. The Bertz CT molecular complexity index is 1060. The van der Waals surface area contributed by atoms with Crippen LogP contribution in [0.25, 0.3) is 11.5 Å². The van der Waals surface area contributed by atoms with Crippen molar-refractivity contribution >= 4 is 29.3 Å². The molecule has 3 heterocycles. The topological polar surface area (TPSA) is 86.8 Å². The number of benzene rings is 1. The lowest BCUT2D eigenvalue weighted by atomic mass is 10.2. The predicted molar refractivity (Wildman–Crippen MR) is 115 cm³/mol. The quantitative estimate of drug-likeness (QED) is 0.632. The molecule has 0 unspecified atom stereocenters. The van der Waals surface area contributed by atoms with Crippen molar-refractivity contribution in [3.8, 4) is 11.5 Å². The Morgan fingerprint density at radius 3 is 2.83 bits per heavy atom. The molecule has 2 aromatic heterocycles. The summed E-state index contributed by atoms with van der Waals surface area (Å²) in [6.45, 7) is 7.78. The van der Waals surface area contributed by atoms with Gasteiger partial charge in [0.05, 0.1) is 5.69 Å². The van der Waals surface area contributed by atoms with E-state index in [2.05, 4.69) is 32.1 Å². The van der Waals surface area contributed by atoms with Crippen LogP contribution in [0.2, 0.25) is 0 Å². The number of nitrogens with zero attached hydrogens (tertiary/aromatic N) is 4. The van der Waals surface area contributed by atoms with E-state index in [0.717, 1.165) is 12.1 Å². The fourth-order valence-electron chi connectivity index (χ4n) is 2.69. The summed E-state index contributed by atoms with van der Waals surface area (Å²) in [6.07, 6.45) is 1.62. The van der Waals surface area contributed by atoms with Crippen LogP contribution in [0.15, 0.2) is 53.7 Å². The van der Waals surface area contributed by atoms with Gasteiger partial charge in [0, 0.05) is 30.0 Å². The number of hydrogen-bond acceptors (Lipinski definition) is 6. The van der Waals surface area contributed by atoms with Crippen molar-refractivity contribution in [3.05, 3.63) is 60.4 Å². The first kappa shape index (κ1) is 21.4. The molecule has 0 atom stereocenters. The van der Waals surface area contributed by atoms with Crippen molar-refractivity contribution in [3.63, 3.8) is 0 Å². The molecule has 0 bridgehead atoms. The molecule has 158 valence electrons. The van der Waals surface area contributed by atoms with Gasteiger partial charge in [0.25, 0.3) is 0 Å². The van der Waals surface area contributed by atoms with E-state index in [-0.39, 0.29) is 13.9 Å². The van der Waals surface area contributed by atoms with Gasteiger partial charge in [-0.25, -0.2) is 8.78 Å². The van der Waals surface area contributed by atoms with Gasteiger partial charge in [0.1, 0.15) is 12.2 Å². The molecule has 0 saturated heterocycles. The van der Waals surface area contributed by atoms with Gasteiger partial charge in [-0.05, 0) is 18.2 Å². The molecule has 2 N–H and O–H groups in total. The third-order valence-corrected chi connectivity index (χ3v) is 5.13. The number of anilines is 2. The van der Waals surface area contributed by atoms with Gasteiger partial charge in [0.15, 0.2) is 17.5 Å². The second kappa shape index (κ2) is 9.49. The van der Waals surface area contributed by atoms with Crippen molar-refractivity contribution in [1.82, 2.24) is 20.2 Å². The highest BCUT2D eigenvalue weighted by atomic mass is 32.2. The highest BCUT2D eigenvalue weighted by molar-refractivity contribution is 7.99. The zero-order valence-corrected chi connectivity index (χ0v) is 17.3. The van der Waals surface area contributed by atoms with Crippen LogP contribution in [0, 0.1) is 11.6 Å². The summed E-state index contributed by atoms with van der Waals surface area (Å²) in [6, 6.07) is 7.54. The highest BCUT2D eigenvalue weighted by Gasteiger charge is 2.25. The van der Waals surface area contributed by atoms with Crippen molar-refractivity contribution in [2.75, 3.05) is 22.5 Å². The third kappa shape index (κ3) is 4.65. The van der Waals surface area contributed by atoms with E-state index in [1.807, 2.05) is 19.9 Å². The van der Waals surface area contributed by atoms with Crippen LogP contribution in [0.5, 0.6) is 0 Å². The number of halogens is 2. The van der Waals surface area contributed by atoms with Crippen LogP contribution in [-0.4, -0.2) is 38.4 Å². The molecule has 0 aliphatic carbocycles. The second-order valence-electron chi connectivity index (χ2n) is 5.95. The van der Waals surface area contributed by atoms with Crippen molar-refractivity contribution < 1.29 is 15.0 Å². The Balaban J connectivity index is 0.00000111. The number of hydrogen-bond donors (Lipinski definition) is 2.